The number of hydrogen-bond acceptors (Lipinski definition) is 4. The molecule has 28 heavy (non-hydrogen) atoms. The van der Waals surface area contributed by atoms with Crippen LogP contribution in [0.4, 0.5) is 15.8 Å². The van der Waals surface area contributed by atoms with Crippen LogP contribution in [0.25, 0.3) is 0 Å². The van der Waals surface area contributed by atoms with Crippen molar-refractivity contribution in [1.29, 1.82) is 0 Å². The van der Waals surface area contributed by atoms with Gasteiger partial charge in [-0.1, -0.05) is 15.9 Å². The molecule has 1 fully saturated rings. The molecule has 2 aromatic rings. The molecule has 1 aliphatic rings. The number of carbonyl (C=O) groups excluding carboxylic acids is 2. The summed E-state index contributed by atoms with van der Waals surface area (Å²) in [6.07, 6.45) is 0. The highest BCUT2D eigenvalue weighted by molar-refractivity contribution is 9.10. The molecule has 1 heterocycles. The molecule has 0 spiro atoms. The van der Waals surface area contributed by atoms with Gasteiger partial charge in [-0.25, -0.2) is 4.39 Å². The lowest BCUT2D eigenvalue weighted by atomic mass is 10.2. The molecular weight excluding hydrogens is 429 g/mol. The standard InChI is InChI=1S/C20H21BrFN3O3/c1-24(20(27)17-7-2-14(21)12-18(17)22)13-19(26)23-15-3-5-16(6-4-15)25-8-10-28-11-9-25/h2-7,12H,8-11,13H2,1H3,(H,23,26). The van der Waals surface area contributed by atoms with E-state index in [0.29, 0.717) is 23.4 Å². The van der Waals surface area contributed by atoms with Crippen molar-refractivity contribution in [3.05, 3.63) is 58.3 Å². The van der Waals surface area contributed by atoms with E-state index < -0.39 is 11.7 Å². The van der Waals surface area contributed by atoms with Gasteiger partial charge in [0.15, 0.2) is 0 Å². The number of ether oxygens (including phenoxy) is 1. The van der Waals surface area contributed by atoms with Crippen LogP contribution < -0.4 is 10.2 Å². The van der Waals surface area contributed by atoms with E-state index in [0.717, 1.165) is 18.8 Å². The van der Waals surface area contributed by atoms with Crippen molar-refractivity contribution in [2.45, 2.75) is 0 Å². The smallest absolute Gasteiger partial charge is 0.257 e. The Morgan fingerprint density at radius 1 is 1.18 bits per heavy atom. The fraction of sp³-hybridized carbons (Fsp3) is 0.300. The molecule has 0 aromatic heterocycles. The summed E-state index contributed by atoms with van der Waals surface area (Å²) in [4.78, 5) is 28.0. The third-order valence-electron chi connectivity index (χ3n) is 4.42. The van der Waals surface area contributed by atoms with Gasteiger partial charge >= 0.3 is 0 Å². The topological polar surface area (TPSA) is 61.9 Å². The number of likely N-dealkylation sites (N-methyl/N-ethyl adjacent to an activating group) is 1. The van der Waals surface area contributed by atoms with Crippen molar-refractivity contribution in [1.82, 2.24) is 4.90 Å². The van der Waals surface area contributed by atoms with E-state index in [4.69, 9.17) is 4.74 Å². The SMILES string of the molecule is CN(CC(=O)Nc1ccc(N2CCOCC2)cc1)C(=O)c1ccc(Br)cc1F. The Balaban J connectivity index is 1.56. The number of nitrogens with one attached hydrogen (secondary N) is 1. The van der Waals surface area contributed by atoms with Gasteiger partial charge in [0.1, 0.15) is 5.82 Å². The number of nitrogens with zero attached hydrogens (tertiary/aromatic N) is 2. The summed E-state index contributed by atoms with van der Waals surface area (Å²) in [5.74, 6) is -1.54. The highest BCUT2D eigenvalue weighted by atomic mass is 79.9. The second-order valence-corrected chi connectivity index (χ2v) is 7.40. The minimum Gasteiger partial charge on any atom is -0.378 e. The third kappa shape index (κ3) is 5.08. The molecule has 2 amide bonds. The number of morpholine rings is 1. The Morgan fingerprint density at radius 3 is 2.50 bits per heavy atom. The van der Waals surface area contributed by atoms with Gasteiger partial charge in [0, 0.05) is 36.0 Å². The van der Waals surface area contributed by atoms with Gasteiger partial charge in [-0.2, -0.15) is 0 Å². The first-order chi connectivity index (χ1) is 13.4. The first-order valence-corrected chi connectivity index (χ1v) is 9.66. The summed E-state index contributed by atoms with van der Waals surface area (Å²) in [5.41, 5.74) is 1.63. The minimum absolute atomic E-state index is 0.0756. The van der Waals surface area contributed by atoms with Crippen LogP contribution in [-0.4, -0.2) is 56.6 Å². The molecular formula is C20H21BrFN3O3. The fourth-order valence-corrected chi connectivity index (χ4v) is 3.27. The van der Waals surface area contributed by atoms with Gasteiger partial charge in [-0.15, -0.1) is 0 Å². The van der Waals surface area contributed by atoms with E-state index in [2.05, 4.69) is 26.1 Å². The van der Waals surface area contributed by atoms with E-state index in [-0.39, 0.29) is 18.0 Å². The lowest BCUT2D eigenvalue weighted by Crippen LogP contribution is -2.36. The van der Waals surface area contributed by atoms with E-state index in [1.807, 2.05) is 24.3 Å². The Hall–Kier alpha value is -2.45. The molecule has 6 nitrogen and oxygen atoms in total. The predicted molar refractivity (Wildman–Crippen MR) is 109 cm³/mol. The van der Waals surface area contributed by atoms with Crippen LogP contribution in [0.1, 0.15) is 10.4 Å². The highest BCUT2D eigenvalue weighted by Gasteiger charge is 2.19. The van der Waals surface area contributed by atoms with Gasteiger partial charge in [-0.3, -0.25) is 9.59 Å². The summed E-state index contributed by atoms with van der Waals surface area (Å²) in [6, 6.07) is 11.7. The average Bonchev–Trinajstić information content (AvgIpc) is 2.68. The summed E-state index contributed by atoms with van der Waals surface area (Å²) < 4.78 is 19.8. The number of rotatable bonds is 5. The maximum Gasteiger partial charge on any atom is 0.257 e. The molecule has 0 saturated carbocycles. The van der Waals surface area contributed by atoms with Gasteiger partial charge in [0.25, 0.3) is 5.91 Å². The van der Waals surface area contributed by atoms with Crippen LogP contribution in [0.3, 0.4) is 0 Å². The van der Waals surface area contributed by atoms with Crippen LogP contribution in [0, 0.1) is 5.82 Å². The zero-order valence-electron chi connectivity index (χ0n) is 15.5. The summed E-state index contributed by atoms with van der Waals surface area (Å²) in [7, 11) is 1.46. The molecule has 1 aliphatic heterocycles. The van der Waals surface area contributed by atoms with Crippen LogP contribution in [-0.2, 0) is 9.53 Å². The number of halogens is 2. The van der Waals surface area contributed by atoms with Crippen LogP contribution in [0.5, 0.6) is 0 Å². The maximum absolute atomic E-state index is 13.9. The summed E-state index contributed by atoms with van der Waals surface area (Å²) in [5, 5.41) is 2.76. The zero-order valence-corrected chi connectivity index (χ0v) is 17.0. The molecule has 0 aliphatic carbocycles. The molecule has 2 aromatic carbocycles. The molecule has 0 bridgehead atoms. The number of carbonyl (C=O) groups is 2. The largest absolute Gasteiger partial charge is 0.378 e. The van der Waals surface area contributed by atoms with E-state index >= 15 is 0 Å². The van der Waals surface area contributed by atoms with Gasteiger partial charge < -0.3 is 19.9 Å². The van der Waals surface area contributed by atoms with Crippen LogP contribution >= 0.6 is 15.9 Å². The van der Waals surface area contributed by atoms with Crippen molar-refractivity contribution in [2.75, 3.05) is 50.1 Å². The van der Waals surface area contributed by atoms with Crippen molar-refractivity contribution in [2.24, 2.45) is 0 Å². The van der Waals surface area contributed by atoms with E-state index in [1.165, 1.54) is 24.1 Å². The molecule has 1 N–H and O–H groups in total. The molecule has 148 valence electrons. The fourth-order valence-electron chi connectivity index (χ4n) is 2.93. The number of amides is 2. The highest BCUT2D eigenvalue weighted by Crippen LogP contribution is 2.19. The molecule has 0 radical (unpaired) electrons. The second kappa shape index (κ2) is 9.16. The lowest BCUT2D eigenvalue weighted by molar-refractivity contribution is -0.116. The van der Waals surface area contributed by atoms with Gasteiger partial charge in [0.05, 0.1) is 25.3 Å². The number of hydrogen-bond donors (Lipinski definition) is 1. The van der Waals surface area contributed by atoms with Crippen molar-refractivity contribution in [3.63, 3.8) is 0 Å². The van der Waals surface area contributed by atoms with Crippen molar-refractivity contribution >= 4 is 39.1 Å². The Kier molecular flexibility index (Phi) is 6.64. The predicted octanol–water partition coefficient (Wildman–Crippen LogP) is 3.14. The lowest BCUT2D eigenvalue weighted by Gasteiger charge is -2.28. The van der Waals surface area contributed by atoms with Gasteiger partial charge in [0.2, 0.25) is 5.91 Å². The molecule has 0 unspecified atom stereocenters. The third-order valence-corrected chi connectivity index (χ3v) is 4.91. The quantitative estimate of drug-likeness (QED) is 0.761. The van der Waals surface area contributed by atoms with Crippen molar-refractivity contribution in [3.8, 4) is 0 Å². The summed E-state index contributed by atoms with van der Waals surface area (Å²) >= 11 is 3.15. The second-order valence-electron chi connectivity index (χ2n) is 6.48. The zero-order chi connectivity index (χ0) is 20.1. The first kappa shape index (κ1) is 20.3. The average molecular weight is 450 g/mol. The Bertz CT molecular complexity index is 854. The number of anilines is 2. The molecule has 3 rings (SSSR count). The van der Waals surface area contributed by atoms with Crippen molar-refractivity contribution < 1.29 is 18.7 Å². The molecule has 8 heteroatoms. The first-order valence-electron chi connectivity index (χ1n) is 8.87. The summed E-state index contributed by atoms with van der Waals surface area (Å²) in [6.45, 7) is 2.91. The van der Waals surface area contributed by atoms with Crippen LogP contribution in [0.2, 0.25) is 0 Å². The van der Waals surface area contributed by atoms with E-state index in [1.54, 1.807) is 6.07 Å². The Labute approximate surface area is 171 Å². The molecule has 0 atom stereocenters. The molecule has 1 saturated heterocycles. The Morgan fingerprint density at radius 2 is 1.86 bits per heavy atom. The minimum atomic E-state index is -0.634. The van der Waals surface area contributed by atoms with Gasteiger partial charge in [-0.05, 0) is 42.5 Å². The normalized spacial score (nSPS) is 13.9. The van der Waals surface area contributed by atoms with E-state index in [9.17, 15) is 14.0 Å². The monoisotopic (exact) mass is 449 g/mol. The number of benzene rings is 2. The van der Waals surface area contributed by atoms with Crippen LogP contribution in [0.15, 0.2) is 46.9 Å². The maximum atomic E-state index is 13.9.